The summed E-state index contributed by atoms with van der Waals surface area (Å²) in [6.07, 6.45) is 0. The van der Waals surface area contributed by atoms with E-state index >= 15 is 0 Å². The summed E-state index contributed by atoms with van der Waals surface area (Å²) in [7, 11) is 0. The van der Waals surface area contributed by atoms with Gasteiger partial charge in [0.15, 0.2) is 0 Å². The standard InChI is InChI=1S/C8H15NO4/c1-6(2)7(13)9-8(3-10,4-11)5-12/h10-12H,1,3-5H2,2H3,(H,9,13). The van der Waals surface area contributed by atoms with Gasteiger partial charge in [-0.15, -0.1) is 0 Å². The molecule has 0 aliphatic heterocycles. The highest BCUT2D eigenvalue weighted by atomic mass is 16.3. The van der Waals surface area contributed by atoms with Gasteiger partial charge in [0.05, 0.1) is 19.8 Å². The first-order chi connectivity index (χ1) is 6.01. The molecular formula is C8H15NO4. The summed E-state index contributed by atoms with van der Waals surface area (Å²) >= 11 is 0. The molecule has 0 atom stereocenters. The summed E-state index contributed by atoms with van der Waals surface area (Å²) in [5.74, 6) is -0.503. The highest BCUT2D eigenvalue weighted by molar-refractivity contribution is 5.92. The Bertz CT molecular complexity index is 190. The maximum Gasteiger partial charge on any atom is 0.246 e. The van der Waals surface area contributed by atoms with Crippen molar-refractivity contribution in [2.45, 2.75) is 12.5 Å². The van der Waals surface area contributed by atoms with Crippen LogP contribution in [0.1, 0.15) is 6.92 Å². The quantitative estimate of drug-likeness (QED) is 0.392. The molecule has 0 spiro atoms. The lowest BCUT2D eigenvalue weighted by Crippen LogP contribution is -2.57. The maximum atomic E-state index is 11.1. The van der Waals surface area contributed by atoms with E-state index in [0.29, 0.717) is 0 Å². The molecule has 4 N–H and O–H groups in total. The number of rotatable bonds is 5. The molecule has 5 nitrogen and oxygen atoms in total. The third kappa shape index (κ3) is 3.14. The minimum Gasteiger partial charge on any atom is -0.394 e. The number of carbonyl (C=O) groups is 1. The van der Waals surface area contributed by atoms with Crippen LogP contribution in [-0.4, -0.2) is 46.6 Å². The Hall–Kier alpha value is -0.910. The molecule has 0 aliphatic rings. The number of hydrogen-bond acceptors (Lipinski definition) is 4. The maximum absolute atomic E-state index is 11.1. The van der Waals surface area contributed by atoms with Crippen LogP contribution in [-0.2, 0) is 4.79 Å². The number of aliphatic hydroxyl groups excluding tert-OH is 3. The van der Waals surface area contributed by atoms with Crippen molar-refractivity contribution in [1.29, 1.82) is 0 Å². The minimum atomic E-state index is -1.37. The zero-order valence-electron chi connectivity index (χ0n) is 7.58. The first-order valence-corrected chi connectivity index (χ1v) is 3.82. The molecule has 0 heterocycles. The molecule has 1 amide bonds. The SMILES string of the molecule is C=C(C)C(=O)NC(CO)(CO)CO. The van der Waals surface area contributed by atoms with Gasteiger partial charge in [0.2, 0.25) is 5.91 Å². The number of aliphatic hydroxyl groups is 3. The lowest BCUT2D eigenvalue weighted by molar-refractivity contribution is -0.121. The van der Waals surface area contributed by atoms with Crippen molar-refractivity contribution in [1.82, 2.24) is 5.32 Å². The van der Waals surface area contributed by atoms with Crippen LogP contribution in [0.5, 0.6) is 0 Å². The fourth-order valence-corrected chi connectivity index (χ4v) is 0.616. The van der Waals surface area contributed by atoms with Gasteiger partial charge in [-0.25, -0.2) is 0 Å². The van der Waals surface area contributed by atoms with E-state index in [2.05, 4.69) is 11.9 Å². The summed E-state index contributed by atoms with van der Waals surface area (Å²) in [4.78, 5) is 11.1. The highest BCUT2D eigenvalue weighted by Crippen LogP contribution is 2.02. The lowest BCUT2D eigenvalue weighted by atomic mass is 10.0. The van der Waals surface area contributed by atoms with Crippen LogP contribution in [0.4, 0.5) is 0 Å². The zero-order valence-corrected chi connectivity index (χ0v) is 7.58. The monoisotopic (exact) mass is 189 g/mol. The van der Waals surface area contributed by atoms with E-state index in [0.717, 1.165) is 0 Å². The third-order valence-electron chi connectivity index (χ3n) is 1.67. The van der Waals surface area contributed by atoms with Crippen molar-refractivity contribution < 1.29 is 20.1 Å². The molecule has 0 unspecified atom stereocenters. The van der Waals surface area contributed by atoms with E-state index < -0.39 is 31.3 Å². The van der Waals surface area contributed by atoms with E-state index in [4.69, 9.17) is 15.3 Å². The Morgan fingerprint density at radius 3 is 1.92 bits per heavy atom. The molecule has 0 fully saturated rings. The van der Waals surface area contributed by atoms with Crippen molar-refractivity contribution >= 4 is 5.91 Å². The second kappa shape index (κ2) is 4.96. The van der Waals surface area contributed by atoms with Crippen LogP contribution in [0.25, 0.3) is 0 Å². The number of carbonyl (C=O) groups excluding carboxylic acids is 1. The Labute approximate surface area is 76.7 Å². The van der Waals surface area contributed by atoms with Crippen LogP contribution < -0.4 is 5.32 Å². The smallest absolute Gasteiger partial charge is 0.246 e. The van der Waals surface area contributed by atoms with E-state index in [9.17, 15) is 4.79 Å². The first kappa shape index (κ1) is 12.1. The Morgan fingerprint density at radius 2 is 1.69 bits per heavy atom. The molecule has 0 aromatic heterocycles. The van der Waals surface area contributed by atoms with E-state index in [1.807, 2.05) is 0 Å². The number of hydrogen-bond donors (Lipinski definition) is 4. The minimum absolute atomic E-state index is 0.250. The molecule has 0 saturated heterocycles. The fraction of sp³-hybridized carbons (Fsp3) is 0.625. The van der Waals surface area contributed by atoms with Crippen LogP contribution in [0.2, 0.25) is 0 Å². The van der Waals surface area contributed by atoms with E-state index in [-0.39, 0.29) is 5.57 Å². The van der Waals surface area contributed by atoms with Crippen molar-refractivity contribution in [2.24, 2.45) is 0 Å². The van der Waals surface area contributed by atoms with Crippen molar-refractivity contribution in [3.63, 3.8) is 0 Å². The molecule has 0 bridgehead atoms. The van der Waals surface area contributed by atoms with Gasteiger partial charge in [-0.1, -0.05) is 6.58 Å². The fourth-order valence-electron chi connectivity index (χ4n) is 0.616. The van der Waals surface area contributed by atoms with Gasteiger partial charge in [-0.2, -0.15) is 0 Å². The summed E-state index contributed by atoms with van der Waals surface area (Å²) in [5.41, 5.74) is -1.12. The molecule has 0 radical (unpaired) electrons. The van der Waals surface area contributed by atoms with E-state index in [1.54, 1.807) is 0 Å². The van der Waals surface area contributed by atoms with Crippen molar-refractivity contribution in [3.8, 4) is 0 Å². The van der Waals surface area contributed by atoms with Crippen LogP contribution in [0.15, 0.2) is 12.2 Å². The first-order valence-electron chi connectivity index (χ1n) is 3.82. The van der Waals surface area contributed by atoms with Gasteiger partial charge < -0.3 is 20.6 Å². The van der Waals surface area contributed by atoms with Gasteiger partial charge in [0.1, 0.15) is 5.54 Å². The van der Waals surface area contributed by atoms with Gasteiger partial charge in [0.25, 0.3) is 0 Å². The molecule has 0 aromatic rings. The van der Waals surface area contributed by atoms with Gasteiger partial charge in [0, 0.05) is 5.57 Å². The van der Waals surface area contributed by atoms with E-state index in [1.165, 1.54) is 6.92 Å². The van der Waals surface area contributed by atoms with Gasteiger partial charge in [-0.05, 0) is 6.92 Å². The van der Waals surface area contributed by atoms with Gasteiger partial charge in [-0.3, -0.25) is 4.79 Å². The predicted molar refractivity (Wildman–Crippen MR) is 46.9 cm³/mol. The molecule has 0 aliphatic carbocycles. The highest BCUT2D eigenvalue weighted by Gasteiger charge is 2.29. The third-order valence-corrected chi connectivity index (χ3v) is 1.67. The van der Waals surface area contributed by atoms with Crippen LogP contribution in [0, 0.1) is 0 Å². The van der Waals surface area contributed by atoms with Crippen molar-refractivity contribution in [2.75, 3.05) is 19.8 Å². The second-order valence-electron chi connectivity index (χ2n) is 2.99. The topological polar surface area (TPSA) is 89.8 Å². The average Bonchev–Trinajstić information content (AvgIpc) is 2.14. The number of nitrogens with one attached hydrogen (secondary N) is 1. The summed E-state index contributed by atoms with van der Waals surface area (Å²) in [6.45, 7) is 3.29. The predicted octanol–water partition coefficient (Wildman–Crippen LogP) is -1.61. The van der Waals surface area contributed by atoms with Crippen LogP contribution >= 0.6 is 0 Å². The lowest BCUT2D eigenvalue weighted by Gasteiger charge is -2.28. The molecule has 5 heteroatoms. The molecule has 13 heavy (non-hydrogen) atoms. The van der Waals surface area contributed by atoms with Gasteiger partial charge >= 0.3 is 0 Å². The second-order valence-corrected chi connectivity index (χ2v) is 2.99. The Morgan fingerprint density at radius 1 is 1.31 bits per heavy atom. The molecular weight excluding hydrogens is 174 g/mol. The average molecular weight is 189 g/mol. The summed E-state index contributed by atoms with van der Waals surface area (Å²) < 4.78 is 0. The van der Waals surface area contributed by atoms with Crippen LogP contribution in [0.3, 0.4) is 0 Å². The number of amides is 1. The normalized spacial score (nSPS) is 11.1. The Balaban J connectivity index is 4.42. The summed E-state index contributed by atoms with van der Waals surface area (Å²) in [6, 6.07) is 0. The molecule has 76 valence electrons. The summed E-state index contributed by atoms with van der Waals surface area (Å²) in [5, 5.41) is 28.8. The molecule has 0 aromatic carbocycles. The van der Waals surface area contributed by atoms with Crippen molar-refractivity contribution in [3.05, 3.63) is 12.2 Å². The zero-order chi connectivity index (χ0) is 10.5. The Kier molecular flexibility index (Phi) is 4.61. The largest absolute Gasteiger partial charge is 0.394 e. The molecule has 0 rings (SSSR count). The molecule has 0 saturated carbocycles.